The molecule has 2 unspecified atom stereocenters. The van der Waals surface area contributed by atoms with Crippen LogP contribution < -0.4 is 5.32 Å². The zero-order valence-electron chi connectivity index (χ0n) is 13.6. The van der Waals surface area contributed by atoms with E-state index < -0.39 is 0 Å². The molecular weight excluding hydrogens is 236 g/mol. The largest absolute Gasteiger partial charge is 0.394 e. The Labute approximate surface area is 119 Å². The van der Waals surface area contributed by atoms with Crippen molar-refractivity contribution in [1.29, 1.82) is 0 Å². The first kappa shape index (κ1) is 16.9. The Bertz CT molecular complexity index is 262. The van der Waals surface area contributed by atoms with Crippen LogP contribution in [0.3, 0.4) is 0 Å². The van der Waals surface area contributed by atoms with Gasteiger partial charge in [0.1, 0.15) is 0 Å². The van der Waals surface area contributed by atoms with Crippen molar-refractivity contribution in [2.24, 2.45) is 11.3 Å². The molecule has 3 heteroatoms. The fourth-order valence-corrected chi connectivity index (χ4v) is 2.80. The lowest BCUT2D eigenvalue weighted by molar-refractivity contribution is 0.147. The number of nitrogens with one attached hydrogen (secondary N) is 1. The predicted molar refractivity (Wildman–Crippen MR) is 82.4 cm³/mol. The standard InChI is InChI=1S/C16H34N2O/c1-6-9-17-16(5,13-19)8-11-18-10-7-14(12-18)15(2,3)4/h14,17,19H,6-13H2,1-5H3. The molecule has 0 aromatic rings. The molecule has 2 atom stereocenters. The van der Waals surface area contributed by atoms with Crippen LogP contribution in [0, 0.1) is 11.3 Å². The van der Waals surface area contributed by atoms with Crippen LogP contribution in [0.2, 0.25) is 0 Å². The number of aliphatic hydroxyl groups is 1. The summed E-state index contributed by atoms with van der Waals surface area (Å²) in [5.74, 6) is 0.816. The third kappa shape index (κ3) is 5.41. The Hall–Kier alpha value is -0.120. The highest BCUT2D eigenvalue weighted by Gasteiger charge is 2.32. The summed E-state index contributed by atoms with van der Waals surface area (Å²) >= 11 is 0. The van der Waals surface area contributed by atoms with Crippen LogP contribution in [0.4, 0.5) is 0 Å². The second-order valence-corrected chi connectivity index (χ2v) is 7.55. The first-order valence-electron chi connectivity index (χ1n) is 7.89. The third-order valence-corrected chi connectivity index (χ3v) is 4.63. The van der Waals surface area contributed by atoms with Crippen LogP contribution in [-0.2, 0) is 0 Å². The Morgan fingerprint density at radius 1 is 1.26 bits per heavy atom. The molecule has 19 heavy (non-hydrogen) atoms. The molecule has 0 aromatic carbocycles. The Morgan fingerprint density at radius 3 is 2.42 bits per heavy atom. The van der Waals surface area contributed by atoms with Crippen LogP contribution >= 0.6 is 0 Å². The van der Waals surface area contributed by atoms with E-state index in [-0.39, 0.29) is 12.1 Å². The van der Waals surface area contributed by atoms with Crippen molar-refractivity contribution in [3.63, 3.8) is 0 Å². The van der Waals surface area contributed by atoms with Crippen LogP contribution in [0.15, 0.2) is 0 Å². The molecule has 0 saturated carbocycles. The number of hydrogen-bond acceptors (Lipinski definition) is 3. The smallest absolute Gasteiger partial charge is 0.0611 e. The highest BCUT2D eigenvalue weighted by molar-refractivity contribution is 4.87. The van der Waals surface area contributed by atoms with E-state index in [4.69, 9.17) is 0 Å². The van der Waals surface area contributed by atoms with Crippen molar-refractivity contribution in [1.82, 2.24) is 10.2 Å². The van der Waals surface area contributed by atoms with Gasteiger partial charge in [0.15, 0.2) is 0 Å². The molecule has 1 heterocycles. The van der Waals surface area contributed by atoms with Crippen molar-refractivity contribution in [2.75, 3.05) is 32.8 Å². The summed E-state index contributed by atoms with van der Waals surface area (Å²) in [7, 11) is 0. The summed E-state index contributed by atoms with van der Waals surface area (Å²) in [6.45, 7) is 16.1. The molecule has 1 fully saturated rings. The van der Waals surface area contributed by atoms with Crippen LogP contribution in [-0.4, -0.2) is 48.3 Å². The Kier molecular flexibility index (Phi) is 6.28. The summed E-state index contributed by atoms with van der Waals surface area (Å²) < 4.78 is 0. The number of rotatable bonds is 7. The van der Waals surface area contributed by atoms with E-state index in [1.165, 1.54) is 19.5 Å². The molecule has 3 nitrogen and oxygen atoms in total. The quantitative estimate of drug-likeness (QED) is 0.746. The molecule has 0 spiro atoms. The van der Waals surface area contributed by atoms with E-state index >= 15 is 0 Å². The maximum absolute atomic E-state index is 9.59. The minimum atomic E-state index is -0.115. The van der Waals surface area contributed by atoms with Crippen molar-refractivity contribution in [3.8, 4) is 0 Å². The summed E-state index contributed by atoms with van der Waals surface area (Å²) in [6.07, 6.45) is 3.47. The van der Waals surface area contributed by atoms with Gasteiger partial charge in [-0.2, -0.15) is 0 Å². The number of aliphatic hydroxyl groups excluding tert-OH is 1. The zero-order valence-corrected chi connectivity index (χ0v) is 13.6. The minimum absolute atomic E-state index is 0.115. The topological polar surface area (TPSA) is 35.5 Å². The van der Waals surface area contributed by atoms with Crippen LogP contribution in [0.25, 0.3) is 0 Å². The van der Waals surface area contributed by atoms with Gasteiger partial charge < -0.3 is 15.3 Å². The van der Waals surface area contributed by atoms with Gasteiger partial charge in [0.2, 0.25) is 0 Å². The number of hydrogen-bond donors (Lipinski definition) is 2. The lowest BCUT2D eigenvalue weighted by Crippen LogP contribution is -2.48. The van der Waals surface area contributed by atoms with E-state index in [2.05, 4.69) is 44.8 Å². The maximum Gasteiger partial charge on any atom is 0.0611 e. The molecule has 0 bridgehead atoms. The van der Waals surface area contributed by atoms with Crippen molar-refractivity contribution in [2.45, 2.75) is 59.4 Å². The van der Waals surface area contributed by atoms with Gasteiger partial charge >= 0.3 is 0 Å². The highest BCUT2D eigenvalue weighted by Crippen LogP contribution is 2.33. The fraction of sp³-hybridized carbons (Fsp3) is 1.00. The van der Waals surface area contributed by atoms with Gasteiger partial charge in [-0.05, 0) is 57.2 Å². The molecule has 0 aromatic heterocycles. The van der Waals surface area contributed by atoms with Crippen molar-refractivity contribution in [3.05, 3.63) is 0 Å². The van der Waals surface area contributed by atoms with Crippen LogP contribution in [0.1, 0.15) is 53.9 Å². The highest BCUT2D eigenvalue weighted by atomic mass is 16.3. The summed E-state index contributed by atoms with van der Waals surface area (Å²) in [6, 6.07) is 0. The molecule has 1 aliphatic heterocycles. The fourth-order valence-electron chi connectivity index (χ4n) is 2.80. The molecule has 0 aliphatic carbocycles. The first-order valence-corrected chi connectivity index (χ1v) is 7.89. The minimum Gasteiger partial charge on any atom is -0.394 e. The van der Waals surface area contributed by atoms with Gasteiger partial charge in [0.05, 0.1) is 6.61 Å². The average molecular weight is 270 g/mol. The van der Waals surface area contributed by atoms with E-state index in [0.717, 1.165) is 31.8 Å². The molecule has 1 saturated heterocycles. The van der Waals surface area contributed by atoms with Gasteiger partial charge in [-0.25, -0.2) is 0 Å². The Morgan fingerprint density at radius 2 is 1.95 bits per heavy atom. The maximum atomic E-state index is 9.59. The van der Waals surface area contributed by atoms with Gasteiger partial charge in [-0.15, -0.1) is 0 Å². The van der Waals surface area contributed by atoms with E-state index in [1.807, 2.05) is 0 Å². The molecule has 1 rings (SSSR count). The molecule has 0 amide bonds. The number of nitrogens with zero attached hydrogens (tertiary/aromatic N) is 1. The Balaban J connectivity index is 2.36. The van der Waals surface area contributed by atoms with Gasteiger partial charge in [-0.1, -0.05) is 27.7 Å². The normalized spacial score (nSPS) is 24.6. The predicted octanol–water partition coefficient (Wildman–Crippen LogP) is 2.50. The van der Waals surface area contributed by atoms with E-state index in [0.29, 0.717) is 5.41 Å². The van der Waals surface area contributed by atoms with Crippen LogP contribution in [0.5, 0.6) is 0 Å². The van der Waals surface area contributed by atoms with Gasteiger partial charge in [0.25, 0.3) is 0 Å². The van der Waals surface area contributed by atoms with Crippen molar-refractivity contribution < 1.29 is 5.11 Å². The van der Waals surface area contributed by atoms with Crippen molar-refractivity contribution >= 4 is 0 Å². The summed E-state index contributed by atoms with van der Waals surface area (Å²) in [5, 5.41) is 13.1. The molecular formula is C16H34N2O. The second-order valence-electron chi connectivity index (χ2n) is 7.55. The monoisotopic (exact) mass is 270 g/mol. The molecule has 0 radical (unpaired) electrons. The summed E-state index contributed by atoms with van der Waals surface area (Å²) in [4.78, 5) is 2.57. The number of likely N-dealkylation sites (tertiary alicyclic amines) is 1. The lowest BCUT2D eigenvalue weighted by Gasteiger charge is -2.31. The molecule has 2 N–H and O–H groups in total. The SMILES string of the molecule is CCCNC(C)(CO)CCN1CCC(C(C)(C)C)C1. The third-order valence-electron chi connectivity index (χ3n) is 4.63. The average Bonchev–Trinajstić information content (AvgIpc) is 2.83. The van der Waals surface area contributed by atoms with Gasteiger partial charge in [-0.3, -0.25) is 0 Å². The zero-order chi connectivity index (χ0) is 14.5. The van der Waals surface area contributed by atoms with E-state index in [1.54, 1.807) is 0 Å². The van der Waals surface area contributed by atoms with Gasteiger partial charge in [0, 0.05) is 12.1 Å². The summed E-state index contributed by atoms with van der Waals surface area (Å²) in [5.41, 5.74) is 0.311. The van der Waals surface area contributed by atoms with E-state index in [9.17, 15) is 5.11 Å². The molecule has 114 valence electrons. The lowest BCUT2D eigenvalue weighted by atomic mass is 9.80. The first-order chi connectivity index (χ1) is 8.80. The molecule has 1 aliphatic rings. The second kappa shape index (κ2) is 7.05.